The minimum atomic E-state index is 0.00858. The first-order chi connectivity index (χ1) is 13.7. The highest BCUT2D eigenvalue weighted by molar-refractivity contribution is 7.17. The van der Waals surface area contributed by atoms with Crippen LogP contribution in [0.25, 0.3) is 16.5 Å². The van der Waals surface area contributed by atoms with Crippen LogP contribution in [-0.4, -0.2) is 37.7 Å². The maximum atomic E-state index is 11.0. The fourth-order valence-corrected chi connectivity index (χ4v) is 5.01. The van der Waals surface area contributed by atoms with Crippen molar-refractivity contribution in [2.24, 2.45) is 5.92 Å². The molecule has 1 fully saturated rings. The van der Waals surface area contributed by atoms with E-state index in [-0.39, 0.29) is 11.9 Å². The lowest BCUT2D eigenvalue weighted by Crippen LogP contribution is -2.36. The Morgan fingerprint density at radius 3 is 2.61 bits per heavy atom. The van der Waals surface area contributed by atoms with Crippen LogP contribution in [0.1, 0.15) is 36.2 Å². The maximum Gasteiger partial charge on any atom is 0.230 e. The highest BCUT2D eigenvalue weighted by atomic mass is 32.1. The minimum absolute atomic E-state index is 0.00858. The van der Waals surface area contributed by atoms with E-state index in [1.807, 2.05) is 12.1 Å². The van der Waals surface area contributed by atoms with Gasteiger partial charge in [0.15, 0.2) is 5.76 Å². The normalized spacial score (nSPS) is 17.3. The Labute approximate surface area is 167 Å². The predicted octanol–water partition coefficient (Wildman–Crippen LogP) is 4.58. The molecule has 1 aliphatic rings. The second kappa shape index (κ2) is 7.07. The summed E-state index contributed by atoms with van der Waals surface area (Å²) < 4.78 is 6.92. The van der Waals surface area contributed by atoms with Crippen LogP contribution in [-0.2, 0) is 0 Å². The Kier molecular flexibility index (Phi) is 4.41. The summed E-state index contributed by atoms with van der Waals surface area (Å²) in [6.07, 6.45) is 3.94. The van der Waals surface area contributed by atoms with Gasteiger partial charge in [-0.2, -0.15) is 9.50 Å². The first-order valence-corrected chi connectivity index (χ1v) is 10.4. The summed E-state index contributed by atoms with van der Waals surface area (Å²) in [5.74, 6) is 2.00. The zero-order chi connectivity index (χ0) is 19.1. The van der Waals surface area contributed by atoms with Crippen LogP contribution in [0.2, 0.25) is 0 Å². The first-order valence-electron chi connectivity index (χ1n) is 9.62. The SMILES string of the molecule is CC1CCN([C@H](c2ccccc2)c2sc3nc(-c4ccco4)nn3c2O)CC1. The van der Waals surface area contributed by atoms with Crippen LogP contribution in [0.3, 0.4) is 0 Å². The van der Waals surface area contributed by atoms with Gasteiger partial charge in [-0.1, -0.05) is 48.6 Å². The Bertz CT molecular complexity index is 1060. The molecule has 0 radical (unpaired) electrons. The number of hydrogen-bond donors (Lipinski definition) is 1. The van der Waals surface area contributed by atoms with Crippen LogP contribution >= 0.6 is 11.3 Å². The number of aromatic nitrogens is 3. The smallest absolute Gasteiger partial charge is 0.230 e. The van der Waals surface area contributed by atoms with Gasteiger partial charge in [0.05, 0.1) is 17.2 Å². The van der Waals surface area contributed by atoms with Crippen LogP contribution < -0.4 is 0 Å². The van der Waals surface area contributed by atoms with Gasteiger partial charge in [-0.15, -0.1) is 5.10 Å². The van der Waals surface area contributed by atoms with Crippen molar-refractivity contribution < 1.29 is 9.52 Å². The number of likely N-dealkylation sites (tertiary alicyclic amines) is 1. The van der Waals surface area contributed by atoms with E-state index in [1.54, 1.807) is 12.3 Å². The van der Waals surface area contributed by atoms with Crippen LogP contribution in [0.4, 0.5) is 0 Å². The molecule has 7 heteroatoms. The molecule has 28 heavy (non-hydrogen) atoms. The fraction of sp³-hybridized carbons (Fsp3) is 0.333. The molecule has 0 aliphatic carbocycles. The van der Waals surface area contributed by atoms with Crippen molar-refractivity contribution in [2.75, 3.05) is 13.1 Å². The number of benzene rings is 1. The van der Waals surface area contributed by atoms with Crippen LogP contribution in [0.15, 0.2) is 53.1 Å². The third-order valence-electron chi connectivity index (χ3n) is 5.49. The molecule has 4 heterocycles. The molecular weight excluding hydrogens is 372 g/mol. The lowest BCUT2D eigenvalue weighted by Gasteiger charge is -2.36. The molecule has 1 aliphatic heterocycles. The molecule has 3 aromatic heterocycles. The minimum Gasteiger partial charge on any atom is -0.492 e. The van der Waals surface area contributed by atoms with Gasteiger partial charge in [-0.05, 0) is 49.5 Å². The molecule has 0 unspecified atom stereocenters. The maximum absolute atomic E-state index is 11.0. The summed E-state index contributed by atoms with van der Waals surface area (Å²) in [7, 11) is 0. The molecule has 0 saturated carbocycles. The monoisotopic (exact) mass is 394 g/mol. The van der Waals surface area contributed by atoms with Crippen molar-refractivity contribution in [1.82, 2.24) is 19.5 Å². The molecular formula is C21H22N4O2S. The summed E-state index contributed by atoms with van der Waals surface area (Å²) in [4.78, 5) is 8.60. The van der Waals surface area contributed by atoms with Gasteiger partial charge in [0.25, 0.3) is 0 Å². The van der Waals surface area contributed by atoms with E-state index in [1.165, 1.54) is 34.3 Å². The van der Waals surface area contributed by atoms with Crippen molar-refractivity contribution >= 4 is 16.3 Å². The number of piperidine rings is 1. The molecule has 4 aromatic rings. The third-order valence-corrected chi connectivity index (χ3v) is 6.56. The molecule has 1 saturated heterocycles. The van der Waals surface area contributed by atoms with E-state index in [0.29, 0.717) is 16.5 Å². The van der Waals surface area contributed by atoms with Gasteiger partial charge < -0.3 is 9.52 Å². The Balaban J connectivity index is 1.57. The molecule has 0 spiro atoms. The van der Waals surface area contributed by atoms with Gasteiger partial charge in [0.2, 0.25) is 16.7 Å². The molecule has 1 atom stereocenters. The summed E-state index contributed by atoms with van der Waals surface area (Å²) in [6, 6.07) is 14.0. The fourth-order valence-electron chi connectivity index (χ4n) is 3.89. The second-order valence-electron chi connectivity index (χ2n) is 7.43. The standard InChI is InChI=1S/C21H22N4O2S/c1-14-9-11-24(12-10-14)17(15-6-3-2-4-7-15)18-20(26)25-21(28-18)22-19(23-25)16-8-5-13-27-16/h2-8,13-14,17,26H,9-12H2,1H3/t17-/m1/s1. The average molecular weight is 395 g/mol. The van der Waals surface area contributed by atoms with Crippen molar-refractivity contribution in [1.29, 1.82) is 0 Å². The van der Waals surface area contributed by atoms with Crippen molar-refractivity contribution in [3.63, 3.8) is 0 Å². The van der Waals surface area contributed by atoms with E-state index in [0.717, 1.165) is 23.9 Å². The molecule has 144 valence electrons. The molecule has 1 aromatic carbocycles. The van der Waals surface area contributed by atoms with E-state index < -0.39 is 0 Å². The lowest BCUT2D eigenvalue weighted by molar-refractivity contribution is 0.157. The molecule has 0 amide bonds. The molecule has 6 nitrogen and oxygen atoms in total. The van der Waals surface area contributed by atoms with E-state index in [9.17, 15) is 5.11 Å². The number of fused-ring (bicyclic) bond motifs is 1. The summed E-state index contributed by atoms with van der Waals surface area (Å²) in [5.41, 5.74) is 1.18. The van der Waals surface area contributed by atoms with Crippen molar-refractivity contribution in [2.45, 2.75) is 25.8 Å². The van der Waals surface area contributed by atoms with E-state index >= 15 is 0 Å². The number of furan rings is 1. The number of nitrogens with zero attached hydrogens (tertiary/aromatic N) is 4. The second-order valence-corrected chi connectivity index (χ2v) is 8.44. The highest BCUT2D eigenvalue weighted by Gasteiger charge is 2.31. The highest BCUT2D eigenvalue weighted by Crippen LogP contribution is 2.41. The number of aromatic hydroxyl groups is 1. The summed E-state index contributed by atoms with van der Waals surface area (Å²) in [5, 5.41) is 15.5. The number of rotatable bonds is 4. The number of hydrogen-bond acceptors (Lipinski definition) is 6. The predicted molar refractivity (Wildman–Crippen MR) is 108 cm³/mol. The molecule has 1 N–H and O–H groups in total. The summed E-state index contributed by atoms with van der Waals surface area (Å²) in [6.45, 7) is 4.35. The van der Waals surface area contributed by atoms with E-state index in [4.69, 9.17) is 4.42 Å². The Morgan fingerprint density at radius 1 is 1.14 bits per heavy atom. The average Bonchev–Trinajstić information content (AvgIpc) is 3.43. The molecule has 5 rings (SSSR count). The zero-order valence-corrected chi connectivity index (χ0v) is 16.5. The lowest BCUT2D eigenvalue weighted by atomic mass is 9.95. The van der Waals surface area contributed by atoms with Crippen LogP contribution in [0, 0.1) is 5.92 Å². The third kappa shape index (κ3) is 3.00. The van der Waals surface area contributed by atoms with Crippen molar-refractivity contribution in [3.05, 3.63) is 59.2 Å². The van der Waals surface area contributed by atoms with Gasteiger partial charge in [0, 0.05) is 0 Å². The van der Waals surface area contributed by atoms with Crippen LogP contribution in [0.5, 0.6) is 5.88 Å². The topological polar surface area (TPSA) is 66.8 Å². The van der Waals surface area contributed by atoms with Gasteiger partial charge >= 0.3 is 0 Å². The van der Waals surface area contributed by atoms with Crippen molar-refractivity contribution in [3.8, 4) is 17.5 Å². The van der Waals surface area contributed by atoms with Gasteiger partial charge in [0.1, 0.15) is 0 Å². The van der Waals surface area contributed by atoms with E-state index in [2.05, 4.69) is 46.2 Å². The molecule has 0 bridgehead atoms. The Morgan fingerprint density at radius 2 is 1.93 bits per heavy atom. The zero-order valence-electron chi connectivity index (χ0n) is 15.7. The van der Waals surface area contributed by atoms with Gasteiger partial charge in [-0.3, -0.25) is 4.90 Å². The Hall–Kier alpha value is -2.64. The summed E-state index contributed by atoms with van der Waals surface area (Å²) >= 11 is 1.50. The first kappa shape index (κ1) is 17.5. The largest absolute Gasteiger partial charge is 0.492 e. The quantitative estimate of drug-likeness (QED) is 0.549. The number of thiazole rings is 1. The van der Waals surface area contributed by atoms with Gasteiger partial charge in [-0.25, -0.2) is 0 Å².